The highest BCUT2D eigenvalue weighted by Gasteiger charge is 2.09. The summed E-state index contributed by atoms with van der Waals surface area (Å²) in [6.45, 7) is 6.29. The molecule has 2 atom stereocenters. The molecule has 0 spiro atoms. The smallest absolute Gasteiger partial charge is 0.223 e. The predicted molar refractivity (Wildman–Crippen MR) is 126 cm³/mol. The summed E-state index contributed by atoms with van der Waals surface area (Å²) in [6.07, 6.45) is 2.78. The van der Waals surface area contributed by atoms with E-state index < -0.39 is 0 Å². The van der Waals surface area contributed by atoms with E-state index in [0.717, 1.165) is 22.9 Å². The van der Waals surface area contributed by atoms with Crippen LogP contribution in [0, 0.1) is 6.92 Å². The van der Waals surface area contributed by atoms with Crippen LogP contribution in [-0.4, -0.2) is 16.0 Å². The summed E-state index contributed by atoms with van der Waals surface area (Å²) in [6, 6.07) is 23.5. The molecule has 0 aliphatic carbocycles. The van der Waals surface area contributed by atoms with Crippen LogP contribution < -0.4 is 11.1 Å². The quantitative estimate of drug-likeness (QED) is 0.441. The van der Waals surface area contributed by atoms with Gasteiger partial charge in [0, 0.05) is 23.7 Å². The van der Waals surface area contributed by atoms with Crippen molar-refractivity contribution in [1.82, 2.24) is 9.97 Å². The minimum Gasteiger partial charge on any atom is -0.351 e. The highest BCUT2D eigenvalue weighted by molar-refractivity contribution is 5.85. The van der Waals surface area contributed by atoms with Crippen molar-refractivity contribution >= 4 is 16.9 Å². The van der Waals surface area contributed by atoms with Gasteiger partial charge in [0.05, 0.1) is 5.52 Å². The maximum absolute atomic E-state index is 6.01. The summed E-state index contributed by atoms with van der Waals surface area (Å²) in [7, 11) is 0. The van der Waals surface area contributed by atoms with Crippen LogP contribution in [0.25, 0.3) is 22.0 Å². The molecule has 0 amide bonds. The van der Waals surface area contributed by atoms with Crippen molar-refractivity contribution in [2.45, 2.75) is 39.3 Å². The van der Waals surface area contributed by atoms with Gasteiger partial charge in [0.1, 0.15) is 0 Å². The zero-order chi connectivity index (χ0) is 21.1. The molecule has 30 heavy (non-hydrogen) atoms. The van der Waals surface area contributed by atoms with Crippen molar-refractivity contribution < 1.29 is 0 Å². The number of fused-ring (bicyclic) bond motifs is 1. The third-order valence-electron chi connectivity index (χ3n) is 5.43. The minimum atomic E-state index is 0.0431. The van der Waals surface area contributed by atoms with Gasteiger partial charge in [-0.15, -0.1) is 0 Å². The monoisotopic (exact) mass is 396 g/mol. The maximum atomic E-state index is 6.01. The van der Waals surface area contributed by atoms with E-state index in [1.165, 1.54) is 22.3 Å². The van der Waals surface area contributed by atoms with E-state index in [9.17, 15) is 0 Å². The minimum absolute atomic E-state index is 0.0431. The Hall–Kier alpha value is -3.24. The summed E-state index contributed by atoms with van der Waals surface area (Å²) in [5.41, 5.74) is 13.1. The van der Waals surface area contributed by atoms with Crippen LogP contribution in [0.3, 0.4) is 0 Å². The Labute approximate surface area is 178 Å². The highest BCUT2D eigenvalue weighted by atomic mass is 15.1. The van der Waals surface area contributed by atoms with Gasteiger partial charge < -0.3 is 11.1 Å². The van der Waals surface area contributed by atoms with Crippen molar-refractivity contribution in [2.24, 2.45) is 5.73 Å². The molecule has 3 aromatic carbocycles. The van der Waals surface area contributed by atoms with E-state index in [4.69, 9.17) is 10.7 Å². The Morgan fingerprint density at radius 2 is 1.80 bits per heavy atom. The lowest BCUT2D eigenvalue weighted by atomic mass is 9.99. The normalized spacial score (nSPS) is 13.2. The number of benzene rings is 3. The molecule has 1 aromatic heterocycles. The Kier molecular flexibility index (Phi) is 5.77. The lowest BCUT2D eigenvalue weighted by Gasteiger charge is -2.15. The predicted octanol–water partition coefficient (Wildman–Crippen LogP) is 5.67. The molecule has 1 heterocycles. The first-order chi connectivity index (χ1) is 14.5. The fourth-order valence-electron chi connectivity index (χ4n) is 3.80. The molecule has 0 fully saturated rings. The third-order valence-corrected chi connectivity index (χ3v) is 5.43. The van der Waals surface area contributed by atoms with Crippen molar-refractivity contribution in [2.75, 3.05) is 5.32 Å². The number of nitrogens with two attached hydrogens (primary N) is 1. The molecule has 0 saturated heterocycles. The molecule has 4 nitrogen and oxygen atoms in total. The summed E-state index contributed by atoms with van der Waals surface area (Å²) >= 11 is 0. The molecular weight excluding hydrogens is 368 g/mol. The lowest BCUT2D eigenvalue weighted by Crippen LogP contribution is -2.20. The van der Waals surface area contributed by atoms with Crippen LogP contribution in [0.15, 0.2) is 72.9 Å². The van der Waals surface area contributed by atoms with Gasteiger partial charge in [-0.3, -0.25) is 0 Å². The number of rotatable bonds is 6. The zero-order valence-electron chi connectivity index (χ0n) is 17.8. The largest absolute Gasteiger partial charge is 0.351 e. The fourth-order valence-corrected chi connectivity index (χ4v) is 3.80. The molecule has 0 aliphatic rings. The Morgan fingerprint density at radius 1 is 0.967 bits per heavy atom. The van der Waals surface area contributed by atoms with Crippen LogP contribution in [0.1, 0.15) is 36.6 Å². The first-order valence-corrected chi connectivity index (χ1v) is 10.4. The molecular formula is C26H28N4. The number of hydrogen-bond acceptors (Lipinski definition) is 4. The number of aryl methyl sites for hydroxylation is 1. The molecule has 0 bridgehead atoms. The zero-order valence-corrected chi connectivity index (χ0v) is 17.8. The summed E-state index contributed by atoms with van der Waals surface area (Å²) in [5.74, 6) is 0.655. The number of nitrogens with one attached hydrogen (secondary N) is 1. The highest BCUT2D eigenvalue weighted by Crippen LogP contribution is 2.26. The number of nitrogens with zero attached hydrogens (tertiary/aromatic N) is 2. The van der Waals surface area contributed by atoms with Gasteiger partial charge in [-0.2, -0.15) is 0 Å². The molecule has 1 unspecified atom stereocenters. The SMILES string of the molecule is Cc1ccccc1-c1ccc2nc(NC(C)Cc3cccc([C@H](C)N)c3)ncc2c1. The van der Waals surface area contributed by atoms with E-state index >= 15 is 0 Å². The first kappa shape index (κ1) is 20.0. The molecule has 0 saturated carbocycles. The second kappa shape index (κ2) is 8.64. The van der Waals surface area contributed by atoms with Crippen molar-refractivity contribution in [3.8, 4) is 11.1 Å². The fraction of sp³-hybridized carbons (Fsp3) is 0.231. The molecule has 152 valence electrons. The molecule has 4 rings (SSSR count). The van der Waals surface area contributed by atoms with Crippen LogP contribution in [-0.2, 0) is 6.42 Å². The third kappa shape index (κ3) is 4.50. The Bertz CT molecular complexity index is 1170. The maximum Gasteiger partial charge on any atom is 0.223 e. The van der Waals surface area contributed by atoms with Gasteiger partial charge in [0.25, 0.3) is 0 Å². The van der Waals surface area contributed by atoms with Crippen molar-refractivity contribution in [1.29, 1.82) is 0 Å². The van der Waals surface area contributed by atoms with E-state index in [1.54, 1.807) is 0 Å². The van der Waals surface area contributed by atoms with Gasteiger partial charge in [0.15, 0.2) is 0 Å². The summed E-state index contributed by atoms with van der Waals surface area (Å²) < 4.78 is 0. The van der Waals surface area contributed by atoms with E-state index in [2.05, 4.69) is 90.9 Å². The van der Waals surface area contributed by atoms with E-state index in [1.807, 2.05) is 13.1 Å². The number of anilines is 1. The number of aromatic nitrogens is 2. The second-order valence-electron chi connectivity index (χ2n) is 8.07. The molecule has 3 N–H and O–H groups in total. The second-order valence-corrected chi connectivity index (χ2v) is 8.07. The van der Waals surface area contributed by atoms with Gasteiger partial charge in [0.2, 0.25) is 5.95 Å². The Morgan fingerprint density at radius 3 is 2.60 bits per heavy atom. The Balaban J connectivity index is 1.50. The molecule has 0 radical (unpaired) electrons. The number of hydrogen-bond donors (Lipinski definition) is 2. The topological polar surface area (TPSA) is 63.8 Å². The van der Waals surface area contributed by atoms with Crippen molar-refractivity contribution in [3.05, 3.63) is 89.6 Å². The first-order valence-electron chi connectivity index (χ1n) is 10.4. The van der Waals surface area contributed by atoms with Crippen LogP contribution in [0.5, 0.6) is 0 Å². The standard InChI is InChI=1S/C26H28N4/c1-17-7-4-5-10-24(17)22-11-12-25-23(15-22)16-28-26(30-25)29-18(2)13-20-8-6-9-21(14-20)19(3)27/h4-12,14-16,18-19H,13,27H2,1-3H3,(H,28,29,30)/t18?,19-/m0/s1. The lowest BCUT2D eigenvalue weighted by molar-refractivity contribution is 0.769. The molecule has 4 heteroatoms. The van der Waals surface area contributed by atoms with Crippen LogP contribution in [0.2, 0.25) is 0 Å². The van der Waals surface area contributed by atoms with Gasteiger partial charge in [-0.1, -0.05) is 54.6 Å². The summed E-state index contributed by atoms with van der Waals surface area (Å²) in [5, 5.41) is 4.47. The van der Waals surface area contributed by atoms with Crippen molar-refractivity contribution in [3.63, 3.8) is 0 Å². The molecule has 4 aromatic rings. The van der Waals surface area contributed by atoms with E-state index in [0.29, 0.717) is 5.95 Å². The van der Waals surface area contributed by atoms with Gasteiger partial charge in [-0.25, -0.2) is 9.97 Å². The molecule has 0 aliphatic heterocycles. The van der Waals surface area contributed by atoms with Crippen LogP contribution >= 0.6 is 0 Å². The van der Waals surface area contributed by atoms with Gasteiger partial charge >= 0.3 is 0 Å². The average molecular weight is 397 g/mol. The average Bonchev–Trinajstić information content (AvgIpc) is 2.74. The van der Waals surface area contributed by atoms with Crippen LogP contribution in [0.4, 0.5) is 5.95 Å². The summed E-state index contributed by atoms with van der Waals surface area (Å²) in [4.78, 5) is 9.27. The van der Waals surface area contributed by atoms with E-state index in [-0.39, 0.29) is 12.1 Å². The van der Waals surface area contributed by atoms with Gasteiger partial charge in [-0.05, 0) is 67.1 Å².